The Balaban J connectivity index is 1.79. The predicted molar refractivity (Wildman–Crippen MR) is 108 cm³/mol. The second-order valence-corrected chi connectivity index (χ2v) is 10.5. The van der Waals surface area contributed by atoms with Crippen LogP contribution in [0, 0.1) is 0 Å². The molecule has 0 bridgehead atoms. The van der Waals surface area contributed by atoms with Crippen molar-refractivity contribution in [3.8, 4) is 0 Å². The molecular weight excluding hydrogens is 396 g/mol. The Kier molecular flexibility index (Phi) is 7.05. The molecule has 0 aromatic heterocycles. The van der Waals surface area contributed by atoms with Gasteiger partial charge in [0.1, 0.15) is 6.04 Å². The molecular formula is C20H28N2O6S. The molecule has 29 heavy (non-hydrogen) atoms. The van der Waals surface area contributed by atoms with E-state index < -0.39 is 46.3 Å². The Hall–Kier alpha value is -2.42. The third-order valence-electron chi connectivity index (χ3n) is 4.66. The second kappa shape index (κ2) is 8.94. The van der Waals surface area contributed by atoms with Gasteiger partial charge in [-0.1, -0.05) is 32.9 Å². The summed E-state index contributed by atoms with van der Waals surface area (Å²) >= 11 is 0. The van der Waals surface area contributed by atoms with Gasteiger partial charge < -0.3 is 15.4 Å². The first kappa shape index (κ1) is 22.9. The van der Waals surface area contributed by atoms with Crippen molar-refractivity contribution in [1.82, 2.24) is 10.6 Å². The number of benzene rings is 1. The van der Waals surface area contributed by atoms with Gasteiger partial charge in [-0.3, -0.25) is 9.59 Å². The lowest BCUT2D eigenvalue weighted by Crippen LogP contribution is -2.42. The van der Waals surface area contributed by atoms with Crippen molar-refractivity contribution in [3.63, 3.8) is 0 Å². The van der Waals surface area contributed by atoms with E-state index in [1.165, 1.54) is 6.92 Å². The fourth-order valence-electron chi connectivity index (χ4n) is 2.90. The first-order valence-corrected chi connectivity index (χ1v) is 11.3. The molecule has 1 saturated heterocycles. The van der Waals surface area contributed by atoms with E-state index in [1.807, 2.05) is 12.1 Å². The van der Waals surface area contributed by atoms with Gasteiger partial charge in [-0.15, -0.1) is 0 Å². The summed E-state index contributed by atoms with van der Waals surface area (Å²) in [5, 5.41) is 5.07. The monoisotopic (exact) mass is 424 g/mol. The second-order valence-electron chi connectivity index (χ2n) is 8.30. The van der Waals surface area contributed by atoms with Crippen LogP contribution in [0.5, 0.6) is 0 Å². The van der Waals surface area contributed by atoms with Gasteiger partial charge in [0.05, 0.1) is 11.5 Å². The van der Waals surface area contributed by atoms with Gasteiger partial charge in [0.15, 0.2) is 16.4 Å². The van der Waals surface area contributed by atoms with Gasteiger partial charge in [-0.25, -0.2) is 13.2 Å². The number of hydrogen-bond donors (Lipinski definition) is 2. The molecule has 1 aromatic rings. The van der Waals surface area contributed by atoms with Gasteiger partial charge in [0, 0.05) is 11.6 Å². The highest BCUT2D eigenvalue weighted by Gasteiger charge is 2.29. The Morgan fingerprint density at radius 2 is 1.79 bits per heavy atom. The predicted octanol–water partition coefficient (Wildman–Crippen LogP) is 0.949. The van der Waals surface area contributed by atoms with Crippen LogP contribution in [-0.4, -0.2) is 56.4 Å². The third kappa shape index (κ3) is 6.85. The summed E-state index contributed by atoms with van der Waals surface area (Å²) in [5.41, 5.74) is 1.47. The van der Waals surface area contributed by atoms with Gasteiger partial charge in [-0.05, 0) is 36.5 Å². The topological polar surface area (TPSA) is 119 Å². The zero-order valence-electron chi connectivity index (χ0n) is 17.2. The number of ether oxygens (including phenoxy) is 1. The summed E-state index contributed by atoms with van der Waals surface area (Å²) in [5.74, 6) is -1.81. The third-order valence-corrected chi connectivity index (χ3v) is 6.43. The molecule has 0 saturated carbocycles. The van der Waals surface area contributed by atoms with Crippen molar-refractivity contribution in [1.29, 1.82) is 0 Å². The molecule has 8 nitrogen and oxygen atoms in total. The Morgan fingerprint density at radius 1 is 1.17 bits per heavy atom. The number of carbonyl (C=O) groups excluding carboxylic acids is 3. The lowest BCUT2D eigenvalue weighted by molar-refractivity contribution is -0.150. The number of nitrogens with one attached hydrogen (secondary N) is 2. The molecule has 0 spiro atoms. The molecule has 2 amide bonds. The maximum absolute atomic E-state index is 12.3. The normalized spacial score (nSPS) is 19.2. The van der Waals surface area contributed by atoms with E-state index in [-0.39, 0.29) is 16.9 Å². The van der Waals surface area contributed by atoms with E-state index in [2.05, 4.69) is 31.4 Å². The average molecular weight is 425 g/mol. The Morgan fingerprint density at radius 3 is 2.31 bits per heavy atom. The summed E-state index contributed by atoms with van der Waals surface area (Å²) in [7, 11) is -3.11. The number of carbonyl (C=O) groups is 3. The standard InChI is InChI=1S/C20H28N2O6S/c1-13(21-18(24)14-5-7-15(8-6-14)20(2,3)4)19(25)28-11-17(23)22-16-9-10-29(26,27)12-16/h5-8,13,16H,9-12H2,1-4H3,(H,21,24)(H,22,23)/t13-,16-/m0/s1. The number of sulfone groups is 1. The minimum absolute atomic E-state index is 0.0324. The van der Waals surface area contributed by atoms with E-state index in [1.54, 1.807) is 12.1 Å². The molecule has 0 aliphatic carbocycles. The highest BCUT2D eigenvalue weighted by molar-refractivity contribution is 7.91. The summed E-state index contributed by atoms with van der Waals surface area (Å²) in [6, 6.07) is 5.72. The van der Waals surface area contributed by atoms with Gasteiger partial charge in [-0.2, -0.15) is 0 Å². The van der Waals surface area contributed by atoms with Crippen LogP contribution < -0.4 is 10.6 Å². The summed E-state index contributed by atoms with van der Waals surface area (Å²) < 4.78 is 27.7. The SMILES string of the molecule is C[C@H](NC(=O)c1ccc(C(C)(C)C)cc1)C(=O)OCC(=O)N[C@H]1CCS(=O)(=O)C1. The van der Waals surface area contributed by atoms with Gasteiger partial charge in [0.2, 0.25) is 0 Å². The summed E-state index contributed by atoms with van der Waals surface area (Å²) in [6.07, 6.45) is 0.350. The van der Waals surface area contributed by atoms with Crippen molar-refractivity contribution in [2.45, 2.75) is 51.6 Å². The molecule has 9 heteroatoms. The molecule has 2 atom stereocenters. The Labute approximate surface area is 171 Å². The lowest BCUT2D eigenvalue weighted by Gasteiger charge is -2.19. The van der Waals surface area contributed by atoms with Crippen molar-refractivity contribution < 1.29 is 27.5 Å². The summed E-state index contributed by atoms with van der Waals surface area (Å²) in [4.78, 5) is 36.1. The van der Waals surface area contributed by atoms with Crippen molar-refractivity contribution in [2.75, 3.05) is 18.1 Å². The van der Waals surface area contributed by atoms with Crippen molar-refractivity contribution >= 4 is 27.6 Å². The highest BCUT2D eigenvalue weighted by atomic mass is 32.2. The van der Waals surface area contributed by atoms with Crippen LogP contribution in [0.1, 0.15) is 50.0 Å². The Bertz CT molecular complexity index is 871. The van der Waals surface area contributed by atoms with E-state index in [0.717, 1.165) is 5.56 Å². The van der Waals surface area contributed by atoms with Crippen LogP contribution in [0.25, 0.3) is 0 Å². The molecule has 160 valence electrons. The van der Waals surface area contributed by atoms with Gasteiger partial charge in [0.25, 0.3) is 11.8 Å². The smallest absolute Gasteiger partial charge is 0.328 e. The van der Waals surface area contributed by atoms with Crippen LogP contribution in [0.4, 0.5) is 0 Å². The fourth-order valence-corrected chi connectivity index (χ4v) is 4.57. The van der Waals surface area contributed by atoms with E-state index in [0.29, 0.717) is 12.0 Å². The van der Waals surface area contributed by atoms with Crippen molar-refractivity contribution in [2.24, 2.45) is 0 Å². The minimum Gasteiger partial charge on any atom is -0.454 e. The first-order valence-electron chi connectivity index (χ1n) is 9.45. The van der Waals surface area contributed by atoms with Crippen LogP contribution in [0.15, 0.2) is 24.3 Å². The average Bonchev–Trinajstić information content (AvgIpc) is 2.97. The zero-order chi connectivity index (χ0) is 21.8. The quantitative estimate of drug-likeness (QED) is 0.657. The maximum atomic E-state index is 12.3. The number of esters is 1. The number of rotatable bonds is 6. The van der Waals surface area contributed by atoms with Crippen LogP contribution in [0.3, 0.4) is 0 Å². The molecule has 2 N–H and O–H groups in total. The van der Waals surface area contributed by atoms with Gasteiger partial charge >= 0.3 is 5.97 Å². The lowest BCUT2D eigenvalue weighted by atomic mass is 9.86. The number of amides is 2. The molecule has 1 fully saturated rings. The summed E-state index contributed by atoms with van der Waals surface area (Å²) in [6.45, 7) is 7.15. The van der Waals surface area contributed by atoms with Crippen LogP contribution >= 0.6 is 0 Å². The molecule has 0 unspecified atom stereocenters. The van der Waals surface area contributed by atoms with E-state index in [9.17, 15) is 22.8 Å². The molecule has 2 rings (SSSR count). The maximum Gasteiger partial charge on any atom is 0.328 e. The largest absolute Gasteiger partial charge is 0.454 e. The molecule has 1 aliphatic rings. The van der Waals surface area contributed by atoms with Crippen LogP contribution in [-0.2, 0) is 29.6 Å². The van der Waals surface area contributed by atoms with Crippen molar-refractivity contribution in [3.05, 3.63) is 35.4 Å². The molecule has 1 aromatic carbocycles. The molecule has 0 radical (unpaired) electrons. The zero-order valence-corrected chi connectivity index (χ0v) is 18.0. The fraction of sp³-hybridized carbons (Fsp3) is 0.550. The van der Waals surface area contributed by atoms with E-state index in [4.69, 9.17) is 4.74 Å². The van der Waals surface area contributed by atoms with Crippen LogP contribution in [0.2, 0.25) is 0 Å². The minimum atomic E-state index is -3.11. The van der Waals surface area contributed by atoms with E-state index >= 15 is 0 Å². The molecule has 1 aliphatic heterocycles. The number of hydrogen-bond acceptors (Lipinski definition) is 6. The highest BCUT2D eigenvalue weighted by Crippen LogP contribution is 2.22. The molecule has 1 heterocycles. The first-order chi connectivity index (χ1) is 13.4.